The van der Waals surface area contributed by atoms with E-state index in [0.717, 1.165) is 25.2 Å². The second-order valence-corrected chi connectivity index (χ2v) is 4.50. The molecule has 3 rings (SSSR count). The van der Waals surface area contributed by atoms with Crippen molar-refractivity contribution >= 4 is 17.5 Å². The van der Waals surface area contributed by atoms with E-state index in [1.54, 1.807) is 4.90 Å². The van der Waals surface area contributed by atoms with E-state index in [1.165, 1.54) is 24.8 Å². The predicted octanol–water partition coefficient (Wildman–Crippen LogP) is 2.03. The fourth-order valence-corrected chi connectivity index (χ4v) is 2.80. The molecule has 0 aromatic heterocycles. The van der Waals surface area contributed by atoms with Crippen LogP contribution in [0.4, 0.5) is 16.2 Å². The van der Waals surface area contributed by atoms with E-state index in [2.05, 4.69) is 11.0 Å². The van der Waals surface area contributed by atoms with Crippen LogP contribution in [0.1, 0.15) is 12.0 Å². The molecule has 0 atom stereocenters. The minimum atomic E-state index is -0.261. The van der Waals surface area contributed by atoms with Crippen molar-refractivity contribution in [2.45, 2.75) is 12.8 Å². The van der Waals surface area contributed by atoms with E-state index < -0.39 is 0 Å². The largest absolute Gasteiger partial charge is 0.452 e. The third kappa shape index (κ3) is 1.55. The van der Waals surface area contributed by atoms with Crippen molar-refractivity contribution in [1.29, 1.82) is 0 Å². The lowest BCUT2D eigenvalue weighted by Gasteiger charge is -2.40. The first-order valence-electron chi connectivity index (χ1n) is 6.03. The number of anilines is 2. The summed E-state index contributed by atoms with van der Waals surface area (Å²) < 4.78 is 4.84. The van der Waals surface area contributed by atoms with Crippen molar-refractivity contribution in [1.82, 2.24) is 0 Å². The molecular formula is C13H16N2O2. The van der Waals surface area contributed by atoms with E-state index in [9.17, 15) is 4.79 Å². The number of carbonyl (C=O) groups excluding carboxylic acids is 1. The number of carbonyl (C=O) groups is 1. The Morgan fingerprint density at radius 1 is 1.29 bits per heavy atom. The molecule has 0 unspecified atom stereocenters. The lowest BCUT2D eigenvalue weighted by molar-refractivity contribution is 0.178. The van der Waals surface area contributed by atoms with Crippen LogP contribution in [0.3, 0.4) is 0 Å². The van der Waals surface area contributed by atoms with Crippen molar-refractivity contribution in [3.05, 3.63) is 23.8 Å². The van der Waals surface area contributed by atoms with Gasteiger partial charge in [-0.1, -0.05) is 12.1 Å². The summed E-state index contributed by atoms with van der Waals surface area (Å²) in [5.41, 5.74) is 3.58. The van der Waals surface area contributed by atoms with E-state index in [1.807, 2.05) is 12.1 Å². The van der Waals surface area contributed by atoms with Crippen LogP contribution in [0.5, 0.6) is 0 Å². The number of para-hydroxylation sites is 1. The van der Waals surface area contributed by atoms with Crippen LogP contribution in [0.2, 0.25) is 0 Å². The van der Waals surface area contributed by atoms with E-state index >= 15 is 0 Å². The Bertz CT molecular complexity index is 459. The molecule has 2 heterocycles. The standard InChI is InChI=1S/C13H16N2O2/c1-17-13(16)15-9-8-14-7-3-5-10-4-2-6-11(15)12(10)14/h2,4,6H,3,5,7-9H2,1H3. The smallest absolute Gasteiger partial charge is 0.414 e. The van der Waals surface area contributed by atoms with Crippen LogP contribution in [0, 0.1) is 0 Å². The van der Waals surface area contributed by atoms with Crippen LogP contribution < -0.4 is 9.80 Å². The first-order valence-corrected chi connectivity index (χ1v) is 6.03. The molecule has 0 N–H and O–H groups in total. The first kappa shape index (κ1) is 10.4. The Morgan fingerprint density at radius 2 is 2.18 bits per heavy atom. The lowest BCUT2D eigenvalue weighted by atomic mass is 9.98. The number of rotatable bonds is 0. The SMILES string of the molecule is COC(=O)N1CCN2CCCc3cccc1c32. The van der Waals surface area contributed by atoms with Gasteiger partial charge in [-0.15, -0.1) is 0 Å². The van der Waals surface area contributed by atoms with Crippen LogP contribution in [0.15, 0.2) is 18.2 Å². The molecule has 0 saturated heterocycles. The molecule has 0 radical (unpaired) electrons. The minimum absolute atomic E-state index is 0.261. The van der Waals surface area contributed by atoms with Gasteiger partial charge in [-0.05, 0) is 24.5 Å². The molecule has 1 aromatic rings. The molecule has 1 amide bonds. The van der Waals surface area contributed by atoms with Gasteiger partial charge in [0.25, 0.3) is 0 Å². The summed E-state index contributed by atoms with van der Waals surface area (Å²) in [6, 6.07) is 6.19. The highest BCUT2D eigenvalue weighted by molar-refractivity contribution is 5.94. The maximum absolute atomic E-state index is 11.7. The number of methoxy groups -OCH3 is 1. The minimum Gasteiger partial charge on any atom is -0.452 e. The summed E-state index contributed by atoms with van der Waals surface area (Å²) in [6.45, 7) is 2.71. The topological polar surface area (TPSA) is 32.8 Å². The zero-order chi connectivity index (χ0) is 11.8. The highest BCUT2D eigenvalue weighted by Crippen LogP contribution is 2.39. The highest BCUT2D eigenvalue weighted by atomic mass is 16.5. The lowest BCUT2D eigenvalue weighted by Crippen LogP contribution is -2.46. The van der Waals surface area contributed by atoms with Gasteiger partial charge in [0, 0.05) is 19.6 Å². The van der Waals surface area contributed by atoms with Gasteiger partial charge in [0.2, 0.25) is 0 Å². The Hall–Kier alpha value is -1.71. The molecule has 0 bridgehead atoms. The fraction of sp³-hybridized carbons (Fsp3) is 0.462. The van der Waals surface area contributed by atoms with Crippen LogP contribution >= 0.6 is 0 Å². The normalized spacial score (nSPS) is 17.7. The third-order valence-corrected chi connectivity index (χ3v) is 3.57. The molecular weight excluding hydrogens is 216 g/mol. The molecule has 1 aromatic carbocycles. The van der Waals surface area contributed by atoms with Crippen LogP contribution in [-0.2, 0) is 11.2 Å². The summed E-state index contributed by atoms with van der Waals surface area (Å²) in [6.07, 6.45) is 2.05. The molecule has 90 valence electrons. The quantitative estimate of drug-likeness (QED) is 0.686. The molecule has 4 nitrogen and oxygen atoms in total. The van der Waals surface area contributed by atoms with Gasteiger partial charge < -0.3 is 9.64 Å². The molecule has 17 heavy (non-hydrogen) atoms. The van der Waals surface area contributed by atoms with Gasteiger partial charge in [-0.2, -0.15) is 0 Å². The van der Waals surface area contributed by atoms with Crippen LogP contribution in [0.25, 0.3) is 0 Å². The Morgan fingerprint density at radius 3 is 3.00 bits per heavy atom. The molecule has 0 saturated carbocycles. The molecule has 2 aliphatic rings. The summed E-state index contributed by atoms with van der Waals surface area (Å²) in [5.74, 6) is 0. The second kappa shape index (κ2) is 3.95. The second-order valence-electron chi connectivity index (χ2n) is 4.50. The predicted molar refractivity (Wildman–Crippen MR) is 66.7 cm³/mol. The van der Waals surface area contributed by atoms with Gasteiger partial charge in [0.1, 0.15) is 0 Å². The van der Waals surface area contributed by atoms with E-state index in [-0.39, 0.29) is 6.09 Å². The summed E-state index contributed by atoms with van der Waals surface area (Å²) in [7, 11) is 1.43. The number of amides is 1. The number of aryl methyl sites for hydroxylation is 1. The molecule has 0 spiro atoms. The average molecular weight is 232 g/mol. The van der Waals surface area contributed by atoms with Crippen molar-refractivity contribution in [2.75, 3.05) is 36.5 Å². The number of ether oxygens (including phenoxy) is 1. The molecule has 0 fully saturated rings. The van der Waals surface area contributed by atoms with Gasteiger partial charge in [-0.25, -0.2) is 4.79 Å². The first-order chi connectivity index (χ1) is 8.31. The third-order valence-electron chi connectivity index (χ3n) is 3.57. The number of hydrogen-bond donors (Lipinski definition) is 0. The maximum Gasteiger partial charge on any atom is 0.414 e. The zero-order valence-electron chi connectivity index (χ0n) is 9.98. The average Bonchev–Trinajstić information content (AvgIpc) is 2.39. The van der Waals surface area contributed by atoms with Crippen LogP contribution in [-0.4, -0.2) is 32.8 Å². The number of benzene rings is 1. The fourth-order valence-electron chi connectivity index (χ4n) is 2.80. The Balaban J connectivity index is 2.09. The van der Waals surface area contributed by atoms with E-state index in [0.29, 0.717) is 6.54 Å². The Labute approximate surface area is 101 Å². The monoisotopic (exact) mass is 232 g/mol. The van der Waals surface area contributed by atoms with Crippen molar-refractivity contribution in [3.8, 4) is 0 Å². The highest BCUT2D eigenvalue weighted by Gasteiger charge is 2.30. The molecule has 0 aliphatic carbocycles. The zero-order valence-corrected chi connectivity index (χ0v) is 9.98. The van der Waals surface area contributed by atoms with Crippen molar-refractivity contribution < 1.29 is 9.53 Å². The van der Waals surface area contributed by atoms with E-state index in [4.69, 9.17) is 4.74 Å². The Kier molecular flexibility index (Phi) is 2.42. The maximum atomic E-state index is 11.7. The van der Waals surface area contributed by atoms with Crippen molar-refractivity contribution in [3.63, 3.8) is 0 Å². The molecule has 4 heteroatoms. The van der Waals surface area contributed by atoms with Gasteiger partial charge in [-0.3, -0.25) is 4.90 Å². The summed E-state index contributed by atoms with van der Waals surface area (Å²) in [4.78, 5) is 15.9. The van der Waals surface area contributed by atoms with Gasteiger partial charge in [0.15, 0.2) is 0 Å². The molecule has 2 aliphatic heterocycles. The van der Waals surface area contributed by atoms with Crippen molar-refractivity contribution in [2.24, 2.45) is 0 Å². The number of nitrogens with zero attached hydrogens (tertiary/aromatic N) is 2. The number of hydrogen-bond acceptors (Lipinski definition) is 3. The summed E-state index contributed by atoms with van der Waals surface area (Å²) >= 11 is 0. The van der Waals surface area contributed by atoms with Gasteiger partial charge in [0.05, 0.1) is 18.5 Å². The summed E-state index contributed by atoms with van der Waals surface area (Å²) in [5, 5.41) is 0. The van der Waals surface area contributed by atoms with Gasteiger partial charge >= 0.3 is 6.09 Å².